The Hall–Kier alpha value is -0.0500. The predicted octanol–water partition coefficient (Wildman–Crippen LogP) is 5.83. The van der Waals surface area contributed by atoms with Crippen LogP contribution < -0.4 is 5.32 Å². The van der Waals surface area contributed by atoms with Crippen molar-refractivity contribution in [2.75, 3.05) is 6.54 Å². The topological polar surface area (TPSA) is 12.0 Å². The second-order valence-corrected chi connectivity index (χ2v) is 7.50. The molecule has 1 aromatic rings. The maximum absolute atomic E-state index is 6.27. The average molecular weight is 359 g/mol. The Balaban J connectivity index is 2.19. The summed E-state index contributed by atoms with van der Waals surface area (Å²) >= 11 is 9.75. The van der Waals surface area contributed by atoms with Gasteiger partial charge < -0.3 is 5.32 Å². The van der Waals surface area contributed by atoms with Crippen LogP contribution in [-0.4, -0.2) is 6.54 Å². The third-order valence-electron chi connectivity index (χ3n) is 4.84. The molecule has 0 aliphatic heterocycles. The van der Waals surface area contributed by atoms with Crippen LogP contribution >= 0.6 is 27.5 Å². The summed E-state index contributed by atoms with van der Waals surface area (Å²) in [6, 6.07) is 6.81. The summed E-state index contributed by atoms with van der Waals surface area (Å²) in [6.45, 7) is 7.97. The lowest BCUT2D eigenvalue weighted by Gasteiger charge is -2.37. The largest absolute Gasteiger partial charge is 0.310 e. The van der Waals surface area contributed by atoms with E-state index in [4.69, 9.17) is 11.6 Å². The third-order valence-corrected chi connectivity index (χ3v) is 6.07. The lowest BCUT2D eigenvalue weighted by Crippen LogP contribution is -2.33. The number of halogens is 2. The molecular weight excluding hydrogens is 334 g/mol. The molecule has 1 fully saturated rings. The lowest BCUT2D eigenvalue weighted by atomic mass is 9.72. The second-order valence-electron chi connectivity index (χ2n) is 6.24. The molecule has 20 heavy (non-hydrogen) atoms. The van der Waals surface area contributed by atoms with Crippen molar-refractivity contribution in [3.05, 3.63) is 33.3 Å². The first kappa shape index (κ1) is 16.3. The molecule has 1 aliphatic rings. The fraction of sp³-hybridized carbons (Fsp3) is 0.647. The first-order valence-corrected chi connectivity index (χ1v) is 8.88. The van der Waals surface area contributed by atoms with Gasteiger partial charge in [0.2, 0.25) is 0 Å². The van der Waals surface area contributed by atoms with Crippen LogP contribution in [0.3, 0.4) is 0 Å². The van der Waals surface area contributed by atoms with E-state index in [1.54, 1.807) is 0 Å². The summed E-state index contributed by atoms with van der Waals surface area (Å²) in [5.41, 5.74) is 1.33. The SMILES string of the molecule is CCNC(c1ccc(Br)c(Cl)c1)C1CCC(C)C(C)C1. The monoisotopic (exact) mass is 357 g/mol. The number of hydrogen-bond donors (Lipinski definition) is 1. The minimum Gasteiger partial charge on any atom is -0.310 e. The fourth-order valence-corrected chi connectivity index (χ4v) is 3.81. The zero-order valence-corrected chi connectivity index (χ0v) is 15.0. The maximum atomic E-state index is 6.27. The Kier molecular flexibility index (Phi) is 5.95. The molecule has 0 amide bonds. The first-order chi connectivity index (χ1) is 9.52. The van der Waals surface area contributed by atoms with Gasteiger partial charge in [0.1, 0.15) is 0 Å². The van der Waals surface area contributed by atoms with Crippen molar-refractivity contribution in [2.24, 2.45) is 17.8 Å². The van der Waals surface area contributed by atoms with Gasteiger partial charge in [0, 0.05) is 10.5 Å². The molecular formula is C17H25BrClN. The number of hydrogen-bond acceptors (Lipinski definition) is 1. The third kappa shape index (κ3) is 3.78. The molecule has 112 valence electrons. The van der Waals surface area contributed by atoms with Gasteiger partial charge in [-0.2, -0.15) is 0 Å². The van der Waals surface area contributed by atoms with Crippen LogP contribution in [0, 0.1) is 17.8 Å². The van der Waals surface area contributed by atoms with E-state index in [1.165, 1.54) is 24.8 Å². The normalized spacial score (nSPS) is 28.4. The molecule has 4 unspecified atom stereocenters. The summed E-state index contributed by atoms with van der Waals surface area (Å²) in [4.78, 5) is 0. The molecule has 1 N–H and O–H groups in total. The highest BCUT2D eigenvalue weighted by atomic mass is 79.9. The summed E-state index contributed by atoms with van der Waals surface area (Å²) in [5, 5.41) is 4.48. The van der Waals surface area contributed by atoms with Crippen molar-refractivity contribution in [2.45, 2.75) is 46.1 Å². The maximum Gasteiger partial charge on any atom is 0.0551 e. The number of rotatable bonds is 4. The Bertz CT molecular complexity index is 449. The van der Waals surface area contributed by atoms with Crippen molar-refractivity contribution >= 4 is 27.5 Å². The Morgan fingerprint density at radius 3 is 2.65 bits per heavy atom. The Morgan fingerprint density at radius 1 is 1.30 bits per heavy atom. The van der Waals surface area contributed by atoms with Gasteiger partial charge in [0.15, 0.2) is 0 Å². The van der Waals surface area contributed by atoms with Gasteiger partial charge in [0.25, 0.3) is 0 Å². The van der Waals surface area contributed by atoms with Gasteiger partial charge in [-0.1, -0.05) is 44.9 Å². The van der Waals surface area contributed by atoms with Crippen LogP contribution in [0.15, 0.2) is 22.7 Å². The zero-order valence-electron chi connectivity index (χ0n) is 12.6. The Morgan fingerprint density at radius 2 is 2.05 bits per heavy atom. The van der Waals surface area contributed by atoms with Gasteiger partial charge in [-0.05, 0) is 70.8 Å². The lowest BCUT2D eigenvalue weighted by molar-refractivity contribution is 0.172. The smallest absolute Gasteiger partial charge is 0.0551 e. The predicted molar refractivity (Wildman–Crippen MR) is 91.2 cm³/mol. The van der Waals surface area contributed by atoms with Gasteiger partial charge in [-0.15, -0.1) is 0 Å². The molecule has 0 heterocycles. The molecule has 0 bridgehead atoms. The van der Waals surface area contributed by atoms with Gasteiger partial charge in [-0.25, -0.2) is 0 Å². The van der Waals surface area contributed by atoms with Crippen molar-refractivity contribution in [3.8, 4) is 0 Å². The number of benzene rings is 1. The standard InChI is InChI=1S/C17H25BrClN/c1-4-20-17(13-6-5-11(2)12(3)9-13)14-7-8-15(18)16(19)10-14/h7-8,10-13,17,20H,4-6,9H2,1-3H3. The summed E-state index contributed by atoms with van der Waals surface area (Å²) in [6.07, 6.45) is 3.97. The van der Waals surface area contributed by atoms with E-state index in [2.05, 4.69) is 60.2 Å². The van der Waals surface area contributed by atoms with Crippen LogP contribution in [0.4, 0.5) is 0 Å². The fourth-order valence-electron chi connectivity index (χ4n) is 3.37. The van der Waals surface area contributed by atoms with E-state index in [-0.39, 0.29) is 0 Å². The molecule has 1 nitrogen and oxygen atoms in total. The summed E-state index contributed by atoms with van der Waals surface area (Å²) in [5.74, 6) is 2.40. The molecule has 4 atom stereocenters. The molecule has 1 aromatic carbocycles. The second kappa shape index (κ2) is 7.29. The molecule has 1 aliphatic carbocycles. The van der Waals surface area contributed by atoms with Gasteiger partial charge in [-0.3, -0.25) is 0 Å². The first-order valence-electron chi connectivity index (χ1n) is 7.71. The van der Waals surface area contributed by atoms with E-state index in [0.29, 0.717) is 6.04 Å². The van der Waals surface area contributed by atoms with Crippen LogP contribution in [0.2, 0.25) is 5.02 Å². The summed E-state index contributed by atoms with van der Waals surface area (Å²) in [7, 11) is 0. The van der Waals surface area contributed by atoms with E-state index < -0.39 is 0 Å². The highest BCUT2D eigenvalue weighted by Gasteiger charge is 2.30. The quantitative estimate of drug-likeness (QED) is 0.714. The van der Waals surface area contributed by atoms with E-state index in [9.17, 15) is 0 Å². The molecule has 0 saturated heterocycles. The van der Waals surface area contributed by atoms with Crippen molar-refractivity contribution in [1.29, 1.82) is 0 Å². The highest BCUT2D eigenvalue weighted by Crippen LogP contribution is 2.40. The summed E-state index contributed by atoms with van der Waals surface area (Å²) < 4.78 is 0.976. The average Bonchev–Trinajstić information content (AvgIpc) is 2.43. The molecule has 1 saturated carbocycles. The van der Waals surface area contributed by atoms with Gasteiger partial charge >= 0.3 is 0 Å². The van der Waals surface area contributed by atoms with Crippen molar-refractivity contribution in [3.63, 3.8) is 0 Å². The van der Waals surface area contributed by atoms with E-state index in [1.807, 2.05) is 0 Å². The highest BCUT2D eigenvalue weighted by molar-refractivity contribution is 9.10. The molecule has 0 radical (unpaired) electrons. The van der Waals surface area contributed by atoms with Crippen LogP contribution in [0.1, 0.15) is 51.6 Å². The van der Waals surface area contributed by atoms with Crippen molar-refractivity contribution in [1.82, 2.24) is 5.32 Å². The van der Waals surface area contributed by atoms with Crippen LogP contribution in [-0.2, 0) is 0 Å². The van der Waals surface area contributed by atoms with E-state index >= 15 is 0 Å². The minimum absolute atomic E-state index is 0.431. The van der Waals surface area contributed by atoms with Crippen LogP contribution in [0.5, 0.6) is 0 Å². The molecule has 3 heteroatoms. The van der Waals surface area contributed by atoms with Crippen molar-refractivity contribution < 1.29 is 0 Å². The molecule has 0 aromatic heterocycles. The Labute approximate surface area is 136 Å². The molecule has 0 spiro atoms. The minimum atomic E-state index is 0.431. The van der Waals surface area contributed by atoms with E-state index in [0.717, 1.165) is 33.8 Å². The molecule has 2 rings (SSSR count). The van der Waals surface area contributed by atoms with Crippen LogP contribution in [0.25, 0.3) is 0 Å². The van der Waals surface area contributed by atoms with Gasteiger partial charge in [0.05, 0.1) is 5.02 Å². The zero-order chi connectivity index (χ0) is 14.7. The number of nitrogens with one attached hydrogen (secondary N) is 1.